The van der Waals surface area contributed by atoms with Gasteiger partial charge in [0.05, 0.1) is 58.2 Å². The number of likely N-dealkylation sites (N-methyl/N-ethyl adjacent to an activating group) is 1. The molecule has 3 aliphatic rings. The summed E-state index contributed by atoms with van der Waals surface area (Å²) in [6.45, 7) is 24.5. The molecule has 3 aliphatic heterocycles. The fourth-order valence-electron chi connectivity index (χ4n) is 9.71. The summed E-state index contributed by atoms with van der Waals surface area (Å²) in [5.41, 5.74) is -2.29. The topological polar surface area (TPSA) is 251 Å². The van der Waals surface area contributed by atoms with E-state index in [0.29, 0.717) is 43.8 Å². The molecular formula is C58H90ClN5O17. The Labute approximate surface area is 483 Å². The van der Waals surface area contributed by atoms with Crippen molar-refractivity contribution in [3.05, 3.63) is 47.0 Å². The summed E-state index contributed by atoms with van der Waals surface area (Å²) in [6, 6.07) is 2.05. The van der Waals surface area contributed by atoms with Gasteiger partial charge >= 0.3 is 24.1 Å². The van der Waals surface area contributed by atoms with Crippen LogP contribution in [0, 0.1) is 5.92 Å². The van der Waals surface area contributed by atoms with Crippen molar-refractivity contribution in [1.29, 1.82) is 0 Å². The Balaban J connectivity index is 1.50. The number of methoxy groups -OCH3 is 2. The first-order valence-electron chi connectivity index (χ1n) is 27.7. The number of hydrogen-bond acceptors (Lipinski definition) is 17. The highest BCUT2D eigenvalue weighted by Crippen LogP contribution is 2.49. The number of halogens is 1. The summed E-state index contributed by atoms with van der Waals surface area (Å²) in [5.74, 6) is -2.89. The first kappa shape index (κ1) is 68.0. The second-order valence-corrected chi connectivity index (χ2v) is 23.7. The van der Waals surface area contributed by atoms with Crippen molar-refractivity contribution in [2.45, 2.75) is 187 Å². The predicted octanol–water partition coefficient (Wildman–Crippen LogP) is 6.92. The zero-order valence-electron chi connectivity index (χ0n) is 50.3. The van der Waals surface area contributed by atoms with Gasteiger partial charge < -0.3 is 67.3 Å². The standard InChI is InChI=1S/C58H90ClN5O17/c1-17-18-36(2)31-40-32-42(50(59)43(33-40)74-16)62(14)48(67)34-45(57(12)51(80-57)37(3)44-35-58(72,39(5)73-15)60-53(70)77-44)78-52(69)38(4)61(13)46(65)19-20-47(66)64(41-21-24-63(25-22-41)54(71)81-56(9,10)11)26-28-76-30-29-75-27-23-49(68)79-55(6,7)8/h17-18,32-33,37-39,41,44-45,51,72H,1,19-31,34-35H2,2-16H3,(H,60,70)/b36-18+/t37-,38+,39-,44+,45+,51?,57+,58+/m1/s1. The van der Waals surface area contributed by atoms with E-state index in [-0.39, 0.29) is 81.6 Å². The third-order valence-electron chi connectivity index (χ3n) is 14.7. The number of benzene rings is 1. The maximum Gasteiger partial charge on any atom is 0.410 e. The van der Waals surface area contributed by atoms with Crippen molar-refractivity contribution < 1.29 is 81.3 Å². The number of hydrogen-bond donors (Lipinski definition) is 2. The number of carbonyl (C=O) groups is 7. The highest BCUT2D eigenvalue weighted by Gasteiger charge is 2.64. The number of nitrogens with one attached hydrogen (secondary N) is 1. The van der Waals surface area contributed by atoms with Crippen LogP contribution in [0.1, 0.15) is 127 Å². The smallest absolute Gasteiger partial charge is 0.410 e. The Hall–Kier alpha value is -5.52. The molecule has 0 aliphatic carbocycles. The van der Waals surface area contributed by atoms with Crippen LogP contribution in [0.2, 0.25) is 5.02 Å². The van der Waals surface area contributed by atoms with Crippen molar-refractivity contribution >= 4 is 59.1 Å². The highest BCUT2D eigenvalue weighted by molar-refractivity contribution is 6.35. The van der Waals surface area contributed by atoms with E-state index in [0.717, 1.165) is 11.1 Å². The first-order chi connectivity index (χ1) is 37.8. The molecule has 456 valence electrons. The number of epoxide rings is 1. The third-order valence-corrected chi connectivity index (χ3v) is 15.1. The monoisotopic (exact) mass is 1160 g/mol. The van der Waals surface area contributed by atoms with Crippen LogP contribution < -0.4 is 15.0 Å². The van der Waals surface area contributed by atoms with E-state index in [4.69, 9.17) is 54.2 Å². The van der Waals surface area contributed by atoms with Gasteiger partial charge in [0.2, 0.25) is 17.7 Å². The maximum atomic E-state index is 14.5. The normalized spacial score (nSPS) is 22.0. The van der Waals surface area contributed by atoms with Crippen LogP contribution in [0.4, 0.5) is 15.3 Å². The molecule has 3 heterocycles. The number of cyclic esters (lactones) is 1. The second kappa shape index (κ2) is 29.6. The molecule has 4 rings (SSSR count). The van der Waals surface area contributed by atoms with Crippen molar-refractivity contribution in [3.8, 4) is 5.75 Å². The number of nitrogens with zero attached hydrogens (tertiary/aromatic N) is 4. The van der Waals surface area contributed by atoms with Gasteiger partial charge in [0.25, 0.3) is 0 Å². The minimum atomic E-state index is -1.78. The largest absolute Gasteiger partial charge is 0.495 e. The van der Waals surface area contributed by atoms with Crippen LogP contribution in [0.5, 0.6) is 5.75 Å². The summed E-state index contributed by atoms with van der Waals surface area (Å²) >= 11 is 6.83. The van der Waals surface area contributed by atoms with Crippen LogP contribution in [-0.4, -0.2) is 195 Å². The molecule has 0 saturated carbocycles. The molecule has 23 heteroatoms. The summed E-state index contributed by atoms with van der Waals surface area (Å²) in [5, 5.41) is 14.0. The Morgan fingerprint density at radius 3 is 2.12 bits per heavy atom. The van der Waals surface area contributed by atoms with Gasteiger partial charge in [-0.3, -0.25) is 24.5 Å². The van der Waals surface area contributed by atoms with E-state index < -0.39 is 95.3 Å². The maximum absolute atomic E-state index is 14.5. The number of rotatable bonds is 28. The van der Waals surface area contributed by atoms with Crippen LogP contribution in [0.25, 0.3) is 0 Å². The van der Waals surface area contributed by atoms with E-state index in [2.05, 4.69) is 11.9 Å². The summed E-state index contributed by atoms with van der Waals surface area (Å²) in [6.07, 6.45) is -0.991. The lowest BCUT2D eigenvalue weighted by atomic mass is 9.84. The quantitative estimate of drug-likeness (QED) is 0.0284. The molecule has 0 spiro atoms. The molecule has 1 aromatic carbocycles. The average Bonchev–Trinajstić information content (AvgIpc) is 4.10. The fraction of sp³-hybridized carbons (Fsp3) is 0.707. The molecule has 2 N–H and O–H groups in total. The van der Waals surface area contributed by atoms with Gasteiger partial charge in [0.1, 0.15) is 51.9 Å². The molecule has 3 saturated heterocycles. The number of ether oxygens (including phenoxy) is 9. The molecule has 8 atom stereocenters. The molecule has 0 bridgehead atoms. The lowest BCUT2D eigenvalue weighted by Gasteiger charge is -2.41. The second-order valence-electron chi connectivity index (χ2n) is 23.3. The Morgan fingerprint density at radius 2 is 1.53 bits per heavy atom. The van der Waals surface area contributed by atoms with E-state index in [1.165, 1.54) is 45.0 Å². The molecule has 0 aromatic heterocycles. The van der Waals surface area contributed by atoms with E-state index in [1.54, 1.807) is 90.3 Å². The lowest BCUT2D eigenvalue weighted by Crippen LogP contribution is -2.63. The predicted molar refractivity (Wildman–Crippen MR) is 302 cm³/mol. The number of alkyl carbamates (subject to hydrolysis) is 1. The Morgan fingerprint density at radius 1 is 0.914 bits per heavy atom. The number of allylic oxidation sites excluding steroid dienone is 3. The van der Waals surface area contributed by atoms with E-state index >= 15 is 0 Å². The fourth-order valence-corrected chi connectivity index (χ4v) is 10.0. The number of likely N-dealkylation sites (tertiary alicyclic amines) is 1. The Bertz CT molecular complexity index is 2400. The number of aliphatic hydroxyl groups is 1. The summed E-state index contributed by atoms with van der Waals surface area (Å²) in [7, 11) is 5.82. The van der Waals surface area contributed by atoms with Gasteiger partial charge in [-0.2, -0.15) is 0 Å². The van der Waals surface area contributed by atoms with Crippen LogP contribution in [-0.2, 0) is 68.3 Å². The SMILES string of the molecule is C=C/C=C(\C)Cc1cc(OC)c(Cl)c(N(C)C(=O)C[C@H](OC(=O)[C@H](C)N(C)C(=O)CCC(=O)N(CCOCCOCCC(=O)OC(C)(C)C)C2CCN(C(=O)OC(C)(C)C)CC2)[C@]2(C)OC2[C@H](C)[C@@H]2C[C@](O)([C@@H](C)OC)NC(=O)O2)c1. The minimum absolute atomic E-state index is 0.0736. The van der Waals surface area contributed by atoms with E-state index in [1.807, 2.05) is 13.0 Å². The van der Waals surface area contributed by atoms with Gasteiger partial charge in [0, 0.05) is 72.1 Å². The van der Waals surface area contributed by atoms with Gasteiger partial charge in [-0.05, 0) is 106 Å². The van der Waals surface area contributed by atoms with Crippen LogP contribution in [0.3, 0.4) is 0 Å². The molecule has 1 aromatic rings. The Kier molecular flexibility index (Phi) is 24.9. The van der Waals surface area contributed by atoms with Gasteiger partial charge in [-0.25, -0.2) is 14.4 Å². The van der Waals surface area contributed by atoms with E-state index in [9.17, 15) is 38.7 Å². The molecule has 81 heavy (non-hydrogen) atoms. The molecule has 5 amide bonds. The van der Waals surface area contributed by atoms with Crippen LogP contribution in [0.15, 0.2) is 36.4 Å². The number of esters is 2. The number of piperidine rings is 1. The molecule has 0 radical (unpaired) electrons. The lowest BCUT2D eigenvalue weighted by molar-refractivity contribution is -0.162. The number of anilines is 1. The van der Waals surface area contributed by atoms with Gasteiger partial charge in [0.15, 0.2) is 5.72 Å². The average molecular weight is 1160 g/mol. The number of carbonyl (C=O) groups excluding carboxylic acids is 7. The number of amides is 5. The van der Waals surface area contributed by atoms with Crippen molar-refractivity contribution in [3.63, 3.8) is 0 Å². The van der Waals surface area contributed by atoms with Crippen LogP contribution >= 0.6 is 11.6 Å². The third kappa shape index (κ3) is 19.8. The summed E-state index contributed by atoms with van der Waals surface area (Å²) in [4.78, 5) is 100. The van der Waals surface area contributed by atoms with Gasteiger partial charge in [-0.15, -0.1) is 0 Å². The van der Waals surface area contributed by atoms with Gasteiger partial charge in [-0.1, -0.05) is 42.8 Å². The van der Waals surface area contributed by atoms with Crippen molar-refractivity contribution in [2.24, 2.45) is 5.92 Å². The first-order valence-corrected chi connectivity index (χ1v) is 28.1. The molecule has 3 fully saturated rings. The zero-order valence-corrected chi connectivity index (χ0v) is 51.1. The highest BCUT2D eigenvalue weighted by atomic mass is 35.5. The molecule has 1 unspecified atom stereocenters. The van der Waals surface area contributed by atoms with Crippen molar-refractivity contribution in [2.75, 3.05) is 79.3 Å². The van der Waals surface area contributed by atoms with Crippen molar-refractivity contribution in [1.82, 2.24) is 20.0 Å². The molecule has 22 nitrogen and oxygen atoms in total. The zero-order chi connectivity index (χ0) is 60.8. The minimum Gasteiger partial charge on any atom is -0.495 e. The summed E-state index contributed by atoms with van der Waals surface area (Å²) < 4.78 is 51.4. The molecular weight excluding hydrogens is 1070 g/mol.